The molecule has 1 heterocycles. The van der Waals surface area contributed by atoms with Gasteiger partial charge in [-0.1, -0.05) is 32.9 Å². The minimum absolute atomic E-state index is 0.221. The van der Waals surface area contributed by atoms with Crippen LogP contribution < -0.4 is 4.90 Å². The molecule has 2 rings (SSSR count). The van der Waals surface area contributed by atoms with Gasteiger partial charge in [0.2, 0.25) is 0 Å². The van der Waals surface area contributed by atoms with Gasteiger partial charge in [-0.2, -0.15) is 5.26 Å². The molecule has 1 aliphatic heterocycles. The molecule has 0 spiro atoms. The van der Waals surface area contributed by atoms with Crippen LogP contribution in [0.5, 0.6) is 0 Å². The molecular formula is C17H24N2. The van der Waals surface area contributed by atoms with Gasteiger partial charge in [0.15, 0.2) is 0 Å². The highest BCUT2D eigenvalue weighted by atomic mass is 15.1. The minimum Gasteiger partial charge on any atom is -0.372 e. The molecule has 0 aromatic heterocycles. The number of rotatable bonds is 2. The Hall–Kier alpha value is -1.49. The van der Waals surface area contributed by atoms with E-state index >= 15 is 0 Å². The van der Waals surface area contributed by atoms with E-state index in [0.29, 0.717) is 5.92 Å². The third-order valence-corrected chi connectivity index (χ3v) is 4.09. The highest BCUT2D eigenvalue weighted by Gasteiger charge is 2.20. The molecule has 0 amide bonds. The van der Waals surface area contributed by atoms with Crippen LogP contribution in [-0.4, -0.2) is 13.1 Å². The summed E-state index contributed by atoms with van der Waals surface area (Å²) in [5, 5.41) is 8.74. The standard InChI is InChI=1S/C17H24N2/c1-17(2,3)15-4-6-16(7-5-15)19-12-9-14(8-11-18)10-13-19/h4-7,14H,8-10,12-13H2,1-3H3. The fourth-order valence-corrected chi connectivity index (χ4v) is 2.70. The Morgan fingerprint density at radius 2 is 1.74 bits per heavy atom. The van der Waals surface area contributed by atoms with Gasteiger partial charge in [-0.05, 0) is 41.9 Å². The Labute approximate surface area is 117 Å². The molecular weight excluding hydrogens is 232 g/mol. The molecule has 102 valence electrons. The predicted molar refractivity (Wildman–Crippen MR) is 80.3 cm³/mol. The molecule has 1 aromatic rings. The van der Waals surface area contributed by atoms with E-state index in [9.17, 15) is 0 Å². The Morgan fingerprint density at radius 1 is 1.16 bits per heavy atom. The van der Waals surface area contributed by atoms with Gasteiger partial charge in [-0.25, -0.2) is 0 Å². The first-order valence-electron chi connectivity index (χ1n) is 7.23. The van der Waals surface area contributed by atoms with Crippen LogP contribution in [0.25, 0.3) is 0 Å². The van der Waals surface area contributed by atoms with Crippen molar-refractivity contribution in [2.24, 2.45) is 5.92 Å². The largest absolute Gasteiger partial charge is 0.372 e. The molecule has 1 aliphatic rings. The smallest absolute Gasteiger partial charge is 0.0624 e. The zero-order valence-corrected chi connectivity index (χ0v) is 12.3. The molecule has 19 heavy (non-hydrogen) atoms. The minimum atomic E-state index is 0.221. The lowest BCUT2D eigenvalue weighted by molar-refractivity contribution is 0.413. The Kier molecular flexibility index (Phi) is 4.14. The fourth-order valence-electron chi connectivity index (χ4n) is 2.70. The summed E-state index contributed by atoms with van der Waals surface area (Å²) < 4.78 is 0. The van der Waals surface area contributed by atoms with Crippen molar-refractivity contribution in [3.05, 3.63) is 29.8 Å². The van der Waals surface area contributed by atoms with E-state index in [4.69, 9.17) is 5.26 Å². The van der Waals surface area contributed by atoms with Crippen LogP contribution in [0.3, 0.4) is 0 Å². The Bertz CT molecular complexity index is 440. The second-order valence-electron chi connectivity index (χ2n) is 6.59. The summed E-state index contributed by atoms with van der Waals surface area (Å²) >= 11 is 0. The van der Waals surface area contributed by atoms with Crippen molar-refractivity contribution < 1.29 is 0 Å². The van der Waals surface area contributed by atoms with Crippen LogP contribution in [-0.2, 0) is 5.41 Å². The Balaban J connectivity index is 1.99. The van der Waals surface area contributed by atoms with E-state index in [1.54, 1.807) is 0 Å². The van der Waals surface area contributed by atoms with Gasteiger partial charge in [0.1, 0.15) is 0 Å². The van der Waals surface area contributed by atoms with Crippen LogP contribution in [0, 0.1) is 17.2 Å². The number of nitriles is 1. The van der Waals surface area contributed by atoms with Crippen molar-refractivity contribution in [3.63, 3.8) is 0 Å². The number of benzene rings is 1. The van der Waals surface area contributed by atoms with E-state index < -0.39 is 0 Å². The van der Waals surface area contributed by atoms with Gasteiger partial charge in [0, 0.05) is 25.2 Å². The predicted octanol–water partition coefficient (Wildman–Crippen LogP) is 4.11. The van der Waals surface area contributed by atoms with Gasteiger partial charge in [-0.15, -0.1) is 0 Å². The van der Waals surface area contributed by atoms with Gasteiger partial charge in [0.25, 0.3) is 0 Å². The summed E-state index contributed by atoms with van der Waals surface area (Å²) in [6, 6.07) is 11.3. The van der Waals surface area contributed by atoms with Gasteiger partial charge < -0.3 is 4.90 Å². The molecule has 2 nitrogen and oxygen atoms in total. The van der Waals surface area contributed by atoms with Crippen molar-refractivity contribution in [2.45, 2.75) is 45.4 Å². The van der Waals surface area contributed by atoms with E-state index in [1.807, 2.05) is 0 Å². The number of nitrogens with zero attached hydrogens (tertiary/aromatic N) is 2. The highest BCUT2D eigenvalue weighted by molar-refractivity contribution is 5.48. The first-order valence-corrected chi connectivity index (χ1v) is 7.23. The molecule has 0 bridgehead atoms. The number of hydrogen-bond acceptors (Lipinski definition) is 2. The zero-order valence-electron chi connectivity index (χ0n) is 12.3. The third kappa shape index (κ3) is 3.50. The van der Waals surface area contributed by atoms with E-state index in [-0.39, 0.29) is 5.41 Å². The van der Waals surface area contributed by atoms with Crippen molar-refractivity contribution in [1.82, 2.24) is 0 Å². The lowest BCUT2D eigenvalue weighted by Gasteiger charge is -2.33. The quantitative estimate of drug-likeness (QED) is 0.796. The zero-order chi connectivity index (χ0) is 13.9. The molecule has 0 saturated carbocycles. The third-order valence-electron chi connectivity index (χ3n) is 4.09. The topological polar surface area (TPSA) is 27.0 Å². The maximum absolute atomic E-state index is 8.74. The van der Waals surface area contributed by atoms with Gasteiger partial charge in [0.05, 0.1) is 6.07 Å². The van der Waals surface area contributed by atoms with Crippen molar-refractivity contribution in [2.75, 3.05) is 18.0 Å². The van der Waals surface area contributed by atoms with E-state index in [1.165, 1.54) is 11.3 Å². The monoisotopic (exact) mass is 256 g/mol. The summed E-state index contributed by atoms with van der Waals surface area (Å²) in [4.78, 5) is 2.44. The van der Waals surface area contributed by atoms with Crippen LogP contribution >= 0.6 is 0 Å². The fraction of sp³-hybridized carbons (Fsp3) is 0.588. The number of anilines is 1. The number of piperidine rings is 1. The summed E-state index contributed by atoms with van der Waals surface area (Å²) in [6.45, 7) is 8.91. The summed E-state index contributed by atoms with van der Waals surface area (Å²) in [6.07, 6.45) is 3.01. The second kappa shape index (κ2) is 5.65. The summed E-state index contributed by atoms with van der Waals surface area (Å²) in [5.74, 6) is 0.607. The first kappa shape index (κ1) is 13.9. The number of hydrogen-bond donors (Lipinski definition) is 0. The SMILES string of the molecule is CC(C)(C)c1ccc(N2CCC(CC#N)CC2)cc1. The average molecular weight is 256 g/mol. The summed E-state index contributed by atoms with van der Waals surface area (Å²) in [7, 11) is 0. The maximum atomic E-state index is 8.74. The van der Waals surface area contributed by atoms with Crippen molar-refractivity contribution in [1.29, 1.82) is 5.26 Å². The second-order valence-corrected chi connectivity index (χ2v) is 6.59. The summed E-state index contributed by atoms with van der Waals surface area (Å²) in [5.41, 5.74) is 2.93. The molecule has 0 radical (unpaired) electrons. The lowest BCUT2D eigenvalue weighted by atomic mass is 9.87. The van der Waals surface area contributed by atoms with E-state index in [2.05, 4.69) is 56.0 Å². The molecule has 1 fully saturated rings. The molecule has 0 atom stereocenters. The lowest BCUT2D eigenvalue weighted by Crippen LogP contribution is -2.33. The van der Waals surface area contributed by atoms with Gasteiger partial charge in [-0.3, -0.25) is 0 Å². The van der Waals surface area contributed by atoms with Gasteiger partial charge >= 0.3 is 0 Å². The van der Waals surface area contributed by atoms with Crippen molar-refractivity contribution >= 4 is 5.69 Å². The molecule has 0 unspecified atom stereocenters. The maximum Gasteiger partial charge on any atom is 0.0624 e. The molecule has 1 aromatic carbocycles. The molecule has 0 aliphatic carbocycles. The van der Waals surface area contributed by atoms with Crippen LogP contribution in [0.15, 0.2) is 24.3 Å². The van der Waals surface area contributed by atoms with Crippen LogP contribution in [0.1, 0.15) is 45.6 Å². The Morgan fingerprint density at radius 3 is 2.21 bits per heavy atom. The molecule has 2 heteroatoms. The average Bonchev–Trinajstić information content (AvgIpc) is 2.39. The normalized spacial score (nSPS) is 17.3. The molecule has 1 saturated heterocycles. The van der Waals surface area contributed by atoms with Crippen LogP contribution in [0.2, 0.25) is 0 Å². The van der Waals surface area contributed by atoms with Crippen molar-refractivity contribution in [3.8, 4) is 6.07 Å². The van der Waals surface area contributed by atoms with Crippen LogP contribution in [0.4, 0.5) is 5.69 Å². The van der Waals surface area contributed by atoms with E-state index in [0.717, 1.165) is 32.4 Å². The highest BCUT2D eigenvalue weighted by Crippen LogP contribution is 2.28. The molecule has 0 N–H and O–H groups in total. The first-order chi connectivity index (χ1) is 9.00.